The van der Waals surface area contributed by atoms with E-state index in [1.54, 1.807) is 0 Å². The van der Waals surface area contributed by atoms with Crippen LogP contribution in [0.3, 0.4) is 0 Å². The summed E-state index contributed by atoms with van der Waals surface area (Å²) < 4.78 is 42.5. The molecule has 20 heavy (non-hydrogen) atoms. The number of rotatable bonds is 5. The van der Waals surface area contributed by atoms with Gasteiger partial charge in [0, 0.05) is 19.8 Å². The van der Waals surface area contributed by atoms with Crippen molar-refractivity contribution >= 4 is 11.9 Å². The van der Waals surface area contributed by atoms with Crippen molar-refractivity contribution in [3.05, 3.63) is 0 Å². The van der Waals surface area contributed by atoms with Crippen LogP contribution in [0.4, 0.5) is 13.2 Å². The third-order valence-electron chi connectivity index (χ3n) is 3.28. The Bertz CT molecular complexity index is 367. The summed E-state index contributed by atoms with van der Waals surface area (Å²) in [5.74, 6) is -2.37. The molecule has 1 saturated heterocycles. The summed E-state index contributed by atoms with van der Waals surface area (Å²) in [6.07, 6.45) is -4.28. The van der Waals surface area contributed by atoms with Crippen molar-refractivity contribution in [2.75, 3.05) is 32.8 Å². The van der Waals surface area contributed by atoms with Crippen LogP contribution >= 0.6 is 0 Å². The maximum atomic E-state index is 12.5. The van der Waals surface area contributed by atoms with Crippen molar-refractivity contribution in [1.82, 2.24) is 4.90 Å². The van der Waals surface area contributed by atoms with Gasteiger partial charge >= 0.3 is 12.1 Å². The van der Waals surface area contributed by atoms with E-state index < -0.39 is 36.6 Å². The molecule has 1 fully saturated rings. The molecule has 1 aliphatic rings. The van der Waals surface area contributed by atoms with Crippen LogP contribution in [0.2, 0.25) is 0 Å². The molecule has 0 aromatic carbocycles. The van der Waals surface area contributed by atoms with Gasteiger partial charge in [-0.3, -0.25) is 9.59 Å². The van der Waals surface area contributed by atoms with Gasteiger partial charge in [-0.2, -0.15) is 13.2 Å². The summed E-state index contributed by atoms with van der Waals surface area (Å²) in [4.78, 5) is 23.3. The molecule has 0 atom stereocenters. The van der Waals surface area contributed by atoms with E-state index in [1.165, 1.54) is 0 Å². The highest BCUT2D eigenvalue weighted by atomic mass is 19.4. The lowest BCUT2D eigenvalue weighted by molar-refractivity contribution is -0.174. The first-order valence-electron chi connectivity index (χ1n) is 6.06. The van der Waals surface area contributed by atoms with Gasteiger partial charge in [0.05, 0.1) is 5.41 Å². The molecule has 6 nitrogen and oxygen atoms in total. The Labute approximate surface area is 113 Å². The minimum atomic E-state index is -4.66. The van der Waals surface area contributed by atoms with Crippen molar-refractivity contribution in [2.24, 2.45) is 11.1 Å². The maximum absolute atomic E-state index is 12.5. The number of carboxylic acids is 1. The fourth-order valence-electron chi connectivity index (χ4n) is 2.18. The fourth-order valence-corrected chi connectivity index (χ4v) is 2.18. The molecule has 0 aromatic rings. The second-order valence-electron chi connectivity index (χ2n) is 4.77. The van der Waals surface area contributed by atoms with Crippen LogP contribution in [-0.2, 0) is 14.3 Å². The number of ether oxygens (including phenoxy) is 1. The predicted molar refractivity (Wildman–Crippen MR) is 61.8 cm³/mol. The third kappa shape index (κ3) is 4.34. The topological polar surface area (TPSA) is 92.9 Å². The number of hydrogen-bond donors (Lipinski definition) is 2. The second-order valence-corrected chi connectivity index (χ2v) is 4.77. The molecule has 1 aliphatic heterocycles. The van der Waals surface area contributed by atoms with Crippen LogP contribution in [0.1, 0.15) is 12.8 Å². The van der Waals surface area contributed by atoms with E-state index in [4.69, 9.17) is 15.6 Å². The van der Waals surface area contributed by atoms with E-state index in [-0.39, 0.29) is 32.6 Å². The SMILES string of the molecule is NCC1(C(=O)N(CC(=O)O)CC(F)(F)F)CCOCC1. The van der Waals surface area contributed by atoms with Gasteiger partial charge < -0.3 is 20.5 Å². The first kappa shape index (κ1) is 16.7. The van der Waals surface area contributed by atoms with Gasteiger partial charge in [-0.25, -0.2) is 0 Å². The van der Waals surface area contributed by atoms with Crippen LogP contribution in [0.15, 0.2) is 0 Å². The van der Waals surface area contributed by atoms with Crippen molar-refractivity contribution in [1.29, 1.82) is 0 Å². The van der Waals surface area contributed by atoms with Gasteiger partial charge in [-0.1, -0.05) is 0 Å². The number of hydrogen-bond acceptors (Lipinski definition) is 4. The summed E-state index contributed by atoms with van der Waals surface area (Å²) in [5, 5.41) is 8.67. The number of nitrogens with two attached hydrogens (primary N) is 1. The van der Waals surface area contributed by atoms with Gasteiger partial charge in [0.15, 0.2) is 0 Å². The lowest BCUT2D eigenvalue weighted by atomic mass is 9.79. The monoisotopic (exact) mass is 298 g/mol. The van der Waals surface area contributed by atoms with E-state index in [2.05, 4.69) is 0 Å². The van der Waals surface area contributed by atoms with E-state index >= 15 is 0 Å². The van der Waals surface area contributed by atoms with E-state index in [0.29, 0.717) is 4.90 Å². The molecule has 1 amide bonds. The highest BCUT2D eigenvalue weighted by molar-refractivity contribution is 5.86. The number of alkyl halides is 3. The number of nitrogens with zero attached hydrogens (tertiary/aromatic N) is 1. The quantitative estimate of drug-likeness (QED) is 0.757. The zero-order valence-electron chi connectivity index (χ0n) is 10.8. The molecule has 0 aromatic heterocycles. The average molecular weight is 298 g/mol. The lowest BCUT2D eigenvalue weighted by Gasteiger charge is -2.38. The van der Waals surface area contributed by atoms with Crippen LogP contribution < -0.4 is 5.73 Å². The largest absolute Gasteiger partial charge is 0.480 e. The summed E-state index contributed by atoms with van der Waals surface area (Å²) in [5.41, 5.74) is 4.37. The smallest absolute Gasteiger partial charge is 0.406 e. The summed E-state index contributed by atoms with van der Waals surface area (Å²) in [7, 11) is 0. The van der Waals surface area contributed by atoms with Crippen LogP contribution in [0, 0.1) is 5.41 Å². The molecule has 3 N–H and O–H groups in total. The Balaban J connectivity index is 2.92. The van der Waals surface area contributed by atoms with Crippen LogP contribution in [0.5, 0.6) is 0 Å². The number of halogens is 3. The molecule has 116 valence electrons. The first-order chi connectivity index (χ1) is 9.20. The molecule has 9 heteroatoms. The van der Waals surface area contributed by atoms with Crippen LogP contribution in [-0.4, -0.2) is 60.9 Å². The summed E-state index contributed by atoms with van der Waals surface area (Å²) in [6, 6.07) is 0. The van der Waals surface area contributed by atoms with Crippen molar-refractivity contribution in [3.63, 3.8) is 0 Å². The molecular formula is C11H17F3N2O4. The van der Waals surface area contributed by atoms with Crippen molar-refractivity contribution in [2.45, 2.75) is 19.0 Å². The fraction of sp³-hybridized carbons (Fsp3) is 0.818. The molecule has 1 rings (SSSR count). The predicted octanol–water partition coefficient (Wildman–Crippen LogP) is 0.217. The summed E-state index contributed by atoms with van der Waals surface area (Å²) in [6.45, 7) is -2.30. The Morgan fingerprint density at radius 1 is 1.30 bits per heavy atom. The molecule has 1 heterocycles. The van der Waals surface area contributed by atoms with E-state index in [0.717, 1.165) is 0 Å². The van der Waals surface area contributed by atoms with Gasteiger partial charge in [0.2, 0.25) is 5.91 Å². The molecule has 0 spiro atoms. The molecule has 0 radical (unpaired) electrons. The Hall–Kier alpha value is -1.35. The van der Waals surface area contributed by atoms with Gasteiger partial charge in [-0.15, -0.1) is 0 Å². The summed E-state index contributed by atoms with van der Waals surface area (Å²) >= 11 is 0. The zero-order chi connectivity index (χ0) is 15.4. The number of carbonyl (C=O) groups is 2. The van der Waals surface area contributed by atoms with Gasteiger partial charge in [0.25, 0.3) is 0 Å². The van der Waals surface area contributed by atoms with Crippen molar-refractivity contribution in [3.8, 4) is 0 Å². The third-order valence-corrected chi connectivity index (χ3v) is 3.28. The maximum Gasteiger partial charge on any atom is 0.406 e. The molecule has 0 bridgehead atoms. The average Bonchev–Trinajstić information content (AvgIpc) is 2.35. The first-order valence-corrected chi connectivity index (χ1v) is 6.06. The van der Waals surface area contributed by atoms with Gasteiger partial charge in [-0.05, 0) is 12.8 Å². The molecule has 0 saturated carbocycles. The zero-order valence-corrected chi connectivity index (χ0v) is 10.8. The standard InChI is InChI=1S/C11H17F3N2O4/c12-11(13,14)7-16(5-8(17)18)9(19)10(6-15)1-3-20-4-2-10/h1-7,15H2,(H,17,18). The van der Waals surface area contributed by atoms with E-state index in [9.17, 15) is 22.8 Å². The minimum Gasteiger partial charge on any atom is -0.480 e. The van der Waals surface area contributed by atoms with Gasteiger partial charge in [0.1, 0.15) is 13.1 Å². The number of amides is 1. The van der Waals surface area contributed by atoms with Crippen molar-refractivity contribution < 1.29 is 32.6 Å². The Kier molecular flexibility index (Phi) is 5.35. The second kappa shape index (κ2) is 6.40. The lowest BCUT2D eigenvalue weighted by Crippen LogP contribution is -2.54. The number of carboxylic acid groups (broad SMARTS) is 1. The number of carbonyl (C=O) groups excluding carboxylic acids is 1. The van der Waals surface area contributed by atoms with E-state index in [1.807, 2.05) is 0 Å². The molecule has 0 aliphatic carbocycles. The highest BCUT2D eigenvalue weighted by Gasteiger charge is 2.44. The number of aliphatic carboxylic acids is 1. The highest BCUT2D eigenvalue weighted by Crippen LogP contribution is 2.32. The minimum absolute atomic E-state index is 0.136. The van der Waals surface area contributed by atoms with Crippen LogP contribution in [0.25, 0.3) is 0 Å². The Morgan fingerprint density at radius 2 is 1.85 bits per heavy atom. The molecular weight excluding hydrogens is 281 g/mol. The normalized spacial score (nSPS) is 18.6. The Morgan fingerprint density at radius 3 is 2.25 bits per heavy atom. The molecule has 0 unspecified atom stereocenters.